The summed E-state index contributed by atoms with van der Waals surface area (Å²) in [6, 6.07) is 4.31. The minimum absolute atomic E-state index is 0.793. The molecule has 108 valence electrons. The van der Waals surface area contributed by atoms with Gasteiger partial charge in [-0.05, 0) is 43.9 Å². The number of nitrogens with zero attached hydrogens (tertiary/aromatic N) is 3. The smallest absolute Gasteiger partial charge is 0.138 e. The molecule has 1 N–H and O–H groups in total. The number of rotatable bonds is 3. The summed E-state index contributed by atoms with van der Waals surface area (Å²) in [5.74, 6) is 0.984. The Morgan fingerprint density at radius 1 is 1.29 bits per heavy atom. The minimum atomic E-state index is 0.793. The molecule has 1 aliphatic carbocycles. The van der Waals surface area contributed by atoms with Crippen molar-refractivity contribution in [2.24, 2.45) is 7.05 Å². The standard InChI is InChI=1S/C16H18N4S/c1-10-6-7-11(20(10)2)8-17-15-14-12-4-3-5-13(12)21-16(14)19-9-18-15/h6-7,9H,3-5,8H2,1-2H3,(H,17,18,19). The molecule has 1 aliphatic rings. The van der Waals surface area contributed by atoms with Crippen LogP contribution in [0, 0.1) is 6.92 Å². The van der Waals surface area contributed by atoms with Gasteiger partial charge in [0.25, 0.3) is 0 Å². The second-order valence-corrected chi connectivity index (χ2v) is 6.72. The van der Waals surface area contributed by atoms with E-state index < -0.39 is 0 Å². The predicted molar refractivity (Wildman–Crippen MR) is 86.9 cm³/mol. The number of aromatic nitrogens is 3. The monoisotopic (exact) mass is 298 g/mol. The molecule has 0 aromatic carbocycles. The van der Waals surface area contributed by atoms with E-state index in [1.54, 1.807) is 6.33 Å². The predicted octanol–water partition coefficient (Wildman–Crippen LogP) is 3.44. The van der Waals surface area contributed by atoms with Gasteiger partial charge in [-0.1, -0.05) is 0 Å². The normalized spacial score (nSPS) is 13.8. The van der Waals surface area contributed by atoms with Crippen LogP contribution in [-0.2, 0) is 26.4 Å². The summed E-state index contributed by atoms with van der Waals surface area (Å²) in [6.45, 7) is 2.92. The van der Waals surface area contributed by atoms with Gasteiger partial charge in [0.15, 0.2) is 0 Å². The van der Waals surface area contributed by atoms with E-state index in [-0.39, 0.29) is 0 Å². The molecule has 4 rings (SSSR count). The van der Waals surface area contributed by atoms with Gasteiger partial charge in [-0.2, -0.15) is 0 Å². The fourth-order valence-electron chi connectivity index (χ4n) is 3.08. The van der Waals surface area contributed by atoms with Gasteiger partial charge in [-0.25, -0.2) is 9.97 Å². The lowest BCUT2D eigenvalue weighted by atomic mass is 10.2. The topological polar surface area (TPSA) is 42.7 Å². The van der Waals surface area contributed by atoms with Gasteiger partial charge in [-0.15, -0.1) is 11.3 Å². The van der Waals surface area contributed by atoms with Crippen molar-refractivity contribution in [3.8, 4) is 0 Å². The zero-order chi connectivity index (χ0) is 14.4. The molecule has 0 atom stereocenters. The molecule has 3 aromatic rings. The summed E-state index contributed by atoms with van der Waals surface area (Å²) < 4.78 is 2.21. The van der Waals surface area contributed by atoms with Gasteiger partial charge < -0.3 is 9.88 Å². The molecule has 0 aliphatic heterocycles. The van der Waals surface area contributed by atoms with Crippen molar-refractivity contribution in [1.29, 1.82) is 0 Å². The lowest BCUT2D eigenvalue weighted by Crippen LogP contribution is -2.07. The summed E-state index contributed by atoms with van der Waals surface area (Å²) in [5.41, 5.74) is 4.02. The number of thiophene rings is 1. The number of nitrogens with one attached hydrogen (secondary N) is 1. The van der Waals surface area contributed by atoms with E-state index >= 15 is 0 Å². The molecule has 0 saturated heterocycles. The maximum atomic E-state index is 4.48. The average molecular weight is 298 g/mol. The zero-order valence-corrected chi connectivity index (χ0v) is 13.1. The maximum absolute atomic E-state index is 4.48. The van der Waals surface area contributed by atoms with E-state index in [0.717, 1.165) is 17.2 Å². The third kappa shape index (κ3) is 2.03. The van der Waals surface area contributed by atoms with Crippen molar-refractivity contribution in [2.45, 2.75) is 32.7 Å². The van der Waals surface area contributed by atoms with E-state index in [4.69, 9.17) is 0 Å². The molecule has 4 nitrogen and oxygen atoms in total. The van der Waals surface area contributed by atoms with E-state index in [1.165, 1.54) is 46.5 Å². The third-order valence-electron chi connectivity index (χ3n) is 4.42. The first-order chi connectivity index (χ1) is 10.2. The zero-order valence-electron chi connectivity index (χ0n) is 12.3. The number of anilines is 1. The summed E-state index contributed by atoms with van der Waals surface area (Å²) in [6.07, 6.45) is 5.31. The van der Waals surface area contributed by atoms with Gasteiger partial charge in [-0.3, -0.25) is 0 Å². The number of fused-ring (bicyclic) bond motifs is 3. The van der Waals surface area contributed by atoms with Crippen LogP contribution in [0.5, 0.6) is 0 Å². The second kappa shape index (κ2) is 4.84. The molecular formula is C16H18N4S. The van der Waals surface area contributed by atoms with Crippen LogP contribution in [0.2, 0.25) is 0 Å². The maximum Gasteiger partial charge on any atom is 0.138 e. The van der Waals surface area contributed by atoms with E-state index in [9.17, 15) is 0 Å². The molecule has 0 radical (unpaired) electrons. The van der Waals surface area contributed by atoms with Crippen molar-refractivity contribution in [2.75, 3.05) is 5.32 Å². The Labute approximate surface area is 127 Å². The van der Waals surface area contributed by atoms with Crippen molar-refractivity contribution >= 4 is 27.4 Å². The minimum Gasteiger partial charge on any atom is -0.364 e. The molecule has 3 aromatic heterocycles. The van der Waals surface area contributed by atoms with Crippen LogP contribution in [-0.4, -0.2) is 14.5 Å². The molecule has 3 heterocycles. The van der Waals surface area contributed by atoms with Crippen LogP contribution >= 0.6 is 11.3 Å². The SMILES string of the molecule is Cc1ccc(CNc2ncnc3sc4c(c23)CCC4)n1C. The molecule has 0 saturated carbocycles. The van der Waals surface area contributed by atoms with Crippen LogP contribution in [0.4, 0.5) is 5.82 Å². The van der Waals surface area contributed by atoms with E-state index in [0.29, 0.717) is 0 Å². The van der Waals surface area contributed by atoms with Crippen LogP contribution in [0.25, 0.3) is 10.2 Å². The fraction of sp³-hybridized carbons (Fsp3) is 0.375. The summed E-state index contributed by atoms with van der Waals surface area (Å²) in [7, 11) is 2.10. The van der Waals surface area contributed by atoms with E-state index in [1.807, 2.05) is 11.3 Å². The highest BCUT2D eigenvalue weighted by atomic mass is 32.1. The van der Waals surface area contributed by atoms with Crippen LogP contribution in [0.3, 0.4) is 0 Å². The Balaban J connectivity index is 1.69. The lowest BCUT2D eigenvalue weighted by molar-refractivity contribution is 0.811. The highest BCUT2D eigenvalue weighted by molar-refractivity contribution is 7.19. The van der Waals surface area contributed by atoms with Crippen LogP contribution < -0.4 is 5.32 Å². The van der Waals surface area contributed by atoms with E-state index in [2.05, 4.69) is 46.0 Å². The summed E-state index contributed by atoms with van der Waals surface area (Å²) in [4.78, 5) is 11.6. The van der Waals surface area contributed by atoms with Crippen molar-refractivity contribution in [3.63, 3.8) is 0 Å². The molecule has 0 unspecified atom stereocenters. The molecule has 0 fully saturated rings. The molecule has 0 bridgehead atoms. The quantitative estimate of drug-likeness (QED) is 0.805. The molecule has 0 spiro atoms. The Morgan fingerprint density at radius 3 is 3.00 bits per heavy atom. The van der Waals surface area contributed by atoms with Gasteiger partial charge in [0.1, 0.15) is 17.0 Å². The first-order valence-electron chi connectivity index (χ1n) is 7.34. The Bertz CT molecular complexity index is 815. The Morgan fingerprint density at radius 2 is 2.19 bits per heavy atom. The Hall–Kier alpha value is -1.88. The molecule has 21 heavy (non-hydrogen) atoms. The van der Waals surface area contributed by atoms with Gasteiger partial charge in [0.05, 0.1) is 11.9 Å². The lowest BCUT2D eigenvalue weighted by Gasteiger charge is -2.09. The molecule has 0 amide bonds. The van der Waals surface area contributed by atoms with Crippen molar-refractivity contribution in [1.82, 2.24) is 14.5 Å². The molecular weight excluding hydrogens is 280 g/mol. The highest BCUT2D eigenvalue weighted by Crippen LogP contribution is 2.39. The first-order valence-corrected chi connectivity index (χ1v) is 8.16. The summed E-state index contributed by atoms with van der Waals surface area (Å²) >= 11 is 1.83. The fourth-order valence-corrected chi connectivity index (χ4v) is 4.31. The molecule has 5 heteroatoms. The average Bonchev–Trinajstić information content (AvgIpc) is 3.14. The van der Waals surface area contributed by atoms with Crippen molar-refractivity contribution in [3.05, 3.63) is 40.3 Å². The van der Waals surface area contributed by atoms with Crippen molar-refractivity contribution < 1.29 is 0 Å². The highest BCUT2D eigenvalue weighted by Gasteiger charge is 2.21. The van der Waals surface area contributed by atoms with Gasteiger partial charge >= 0.3 is 0 Å². The third-order valence-corrected chi connectivity index (χ3v) is 5.61. The van der Waals surface area contributed by atoms with Gasteiger partial charge in [0.2, 0.25) is 0 Å². The number of hydrogen-bond donors (Lipinski definition) is 1. The largest absolute Gasteiger partial charge is 0.364 e. The Kier molecular flexibility index (Phi) is 2.96. The second-order valence-electron chi connectivity index (χ2n) is 5.64. The number of aryl methyl sites for hydroxylation is 3. The van der Waals surface area contributed by atoms with Gasteiger partial charge in [0, 0.05) is 23.3 Å². The van der Waals surface area contributed by atoms with Crippen LogP contribution in [0.1, 0.15) is 28.2 Å². The summed E-state index contributed by atoms with van der Waals surface area (Å²) in [5, 5.41) is 4.76. The van der Waals surface area contributed by atoms with Crippen LogP contribution in [0.15, 0.2) is 18.5 Å². The first kappa shape index (κ1) is 12.8. The number of hydrogen-bond acceptors (Lipinski definition) is 4.